The Labute approximate surface area is 113 Å². The third kappa shape index (κ3) is 3.76. The molecule has 98 valence electrons. The highest BCUT2D eigenvalue weighted by Gasteiger charge is 2.04. The van der Waals surface area contributed by atoms with Crippen molar-refractivity contribution in [2.45, 2.75) is 6.61 Å². The van der Waals surface area contributed by atoms with Gasteiger partial charge in [-0.15, -0.1) is 0 Å². The number of hydrogen-bond donors (Lipinski definition) is 0. The Hall–Kier alpha value is -1.94. The standard InChI is InChI=1S/C14H9ClF2O2/c15-11-1-9(7-18)4-14(5-11)19-8-10-2-12(16)6-13(17)3-10/h1-7H,8H2. The zero-order valence-electron chi connectivity index (χ0n) is 9.70. The van der Waals surface area contributed by atoms with E-state index in [0.29, 0.717) is 28.2 Å². The molecule has 0 aliphatic heterocycles. The molecule has 0 unspecified atom stereocenters. The van der Waals surface area contributed by atoms with E-state index in [4.69, 9.17) is 16.3 Å². The van der Waals surface area contributed by atoms with Crippen LogP contribution in [0.15, 0.2) is 36.4 Å². The van der Waals surface area contributed by atoms with E-state index in [-0.39, 0.29) is 6.61 Å². The Bertz CT molecular complexity index is 594. The van der Waals surface area contributed by atoms with Crippen LogP contribution < -0.4 is 4.74 Å². The Morgan fingerprint density at radius 3 is 2.37 bits per heavy atom. The van der Waals surface area contributed by atoms with E-state index in [9.17, 15) is 13.6 Å². The molecule has 0 bridgehead atoms. The fourth-order valence-corrected chi connectivity index (χ4v) is 1.83. The molecular weight excluding hydrogens is 274 g/mol. The van der Waals surface area contributed by atoms with Gasteiger partial charge >= 0.3 is 0 Å². The molecule has 19 heavy (non-hydrogen) atoms. The highest BCUT2D eigenvalue weighted by Crippen LogP contribution is 2.21. The highest BCUT2D eigenvalue weighted by atomic mass is 35.5. The molecule has 0 aliphatic carbocycles. The van der Waals surface area contributed by atoms with Crippen LogP contribution in [0.3, 0.4) is 0 Å². The lowest BCUT2D eigenvalue weighted by atomic mass is 10.2. The zero-order valence-corrected chi connectivity index (χ0v) is 10.5. The first-order chi connectivity index (χ1) is 9.06. The molecule has 0 atom stereocenters. The third-order valence-corrected chi connectivity index (χ3v) is 2.58. The molecule has 2 rings (SSSR count). The van der Waals surface area contributed by atoms with Gasteiger partial charge in [-0.1, -0.05) is 11.6 Å². The van der Waals surface area contributed by atoms with Gasteiger partial charge < -0.3 is 4.74 Å². The molecule has 0 aromatic heterocycles. The Kier molecular flexibility index (Phi) is 4.12. The average molecular weight is 283 g/mol. The van der Waals surface area contributed by atoms with Gasteiger partial charge in [-0.3, -0.25) is 4.79 Å². The largest absolute Gasteiger partial charge is 0.489 e. The molecule has 0 saturated heterocycles. The van der Waals surface area contributed by atoms with E-state index in [0.717, 1.165) is 6.07 Å². The van der Waals surface area contributed by atoms with Crippen LogP contribution >= 0.6 is 11.6 Å². The number of hydrogen-bond acceptors (Lipinski definition) is 2. The quantitative estimate of drug-likeness (QED) is 0.792. The summed E-state index contributed by atoms with van der Waals surface area (Å²) in [6.07, 6.45) is 0.639. The van der Waals surface area contributed by atoms with Gasteiger partial charge in [0.15, 0.2) is 0 Å². The van der Waals surface area contributed by atoms with E-state index in [2.05, 4.69) is 0 Å². The molecule has 2 aromatic rings. The minimum atomic E-state index is -0.668. The van der Waals surface area contributed by atoms with Crippen molar-refractivity contribution in [2.75, 3.05) is 0 Å². The van der Waals surface area contributed by atoms with E-state index in [1.165, 1.54) is 30.3 Å². The van der Waals surface area contributed by atoms with E-state index in [1.54, 1.807) is 0 Å². The minimum absolute atomic E-state index is 0.0205. The van der Waals surface area contributed by atoms with Crippen molar-refractivity contribution >= 4 is 17.9 Å². The molecule has 5 heteroatoms. The predicted molar refractivity (Wildman–Crippen MR) is 67.5 cm³/mol. The molecule has 0 N–H and O–H groups in total. The highest BCUT2D eigenvalue weighted by molar-refractivity contribution is 6.31. The van der Waals surface area contributed by atoms with Crippen LogP contribution in [0.1, 0.15) is 15.9 Å². The maximum Gasteiger partial charge on any atom is 0.150 e. The molecule has 0 saturated carbocycles. The minimum Gasteiger partial charge on any atom is -0.489 e. The monoisotopic (exact) mass is 282 g/mol. The molecule has 2 aromatic carbocycles. The second kappa shape index (κ2) is 5.80. The first-order valence-corrected chi connectivity index (χ1v) is 5.78. The van der Waals surface area contributed by atoms with Crippen LogP contribution in [0, 0.1) is 11.6 Å². The van der Waals surface area contributed by atoms with E-state index in [1.807, 2.05) is 0 Å². The molecule has 2 nitrogen and oxygen atoms in total. The van der Waals surface area contributed by atoms with Crippen LogP contribution in [-0.4, -0.2) is 6.29 Å². The van der Waals surface area contributed by atoms with E-state index < -0.39 is 11.6 Å². The lowest BCUT2D eigenvalue weighted by Crippen LogP contribution is -1.97. The van der Waals surface area contributed by atoms with E-state index >= 15 is 0 Å². The lowest BCUT2D eigenvalue weighted by molar-refractivity contribution is 0.112. The Morgan fingerprint density at radius 1 is 1.05 bits per heavy atom. The predicted octanol–water partition coefficient (Wildman–Crippen LogP) is 4.01. The van der Waals surface area contributed by atoms with Crippen molar-refractivity contribution in [1.29, 1.82) is 0 Å². The SMILES string of the molecule is O=Cc1cc(Cl)cc(OCc2cc(F)cc(F)c2)c1. The van der Waals surface area contributed by atoms with Crippen LogP contribution in [0.5, 0.6) is 5.75 Å². The van der Waals surface area contributed by atoms with Gasteiger partial charge in [-0.2, -0.15) is 0 Å². The summed E-state index contributed by atoms with van der Waals surface area (Å²) in [5.74, 6) is -0.976. The van der Waals surface area contributed by atoms with Gasteiger partial charge in [0.25, 0.3) is 0 Å². The fraction of sp³-hybridized carbons (Fsp3) is 0.0714. The van der Waals surface area contributed by atoms with Gasteiger partial charge in [0, 0.05) is 16.7 Å². The number of rotatable bonds is 4. The number of halogens is 3. The summed E-state index contributed by atoms with van der Waals surface area (Å²) in [7, 11) is 0. The molecule has 0 heterocycles. The molecular formula is C14H9ClF2O2. The maximum absolute atomic E-state index is 13.0. The summed E-state index contributed by atoms with van der Waals surface area (Å²) in [5.41, 5.74) is 0.720. The third-order valence-electron chi connectivity index (χ3n) is 2.36. The topological polar surface area (TPSA) is 26.3 Å². The number of carbonyl (C=O) groups excluding carboxylic acids is 1. The van der Waals surface area contributed by atoms with Crippen molar-refractivity contribution < 1.29 is 18.3 Å². The number of carbonyl (C=O) groups is 1. The van der Waals surface area contributed by atoms with Crippen molar-refractivity contribution in [2.24, 2.45) is 0 Å². The second-order valence-corrected chi connectivity index (χ2v) is 4.34. The van der Waals surface area contributed by atoms with Crippen molar-refractivity contribution in [3.05, 3.63) is 64.2 Å². The van der Waals surface area contributed by atoms with Crippen molar-refractivity contribution in [3.8, 4) is 5.75 Å². The fourth-order valence-electron chi connectivity index (χ4n) is 1.60. The molecule has 0 amide bonds. The summed E-state index contributed by atoms with van der Waals surface area (Å²) in [4.78, 5) is 10.7. The molecule has 0 aliphatic rings. The zero-order chi connectivity index (χ0) is 13.8. The van der Waals surface area contributed by atoms with Crippen LogP contribution in [-0.2, 0) is 6.61 Å². The molecule has 0 spiro atoms. The second-order valence-electron chi connectivity index (χ2n) is 3.90. The maximum atomic E-state index is 13.0. The first-order valence-electron chi connectivity index (χ1n) is 5.40. The normalized spacial score (nSPS) is 10.3. The summed E-state index contributed by atoms with van der Waals surface area (Å²) in [6.45, 7) is -0.0205. The van der Waals surface area contributed by atoms with Crippen LogP contribution in [0.4, 0.5) is 8.78 Å². The van der Waals surface area contributed by atoms with Gasteiger partial charge in [0.2, 0.25) is 0 Å². The number of ether oxygens (including phenoxy) is 1. The van der Waals surface area contributed by atoms with Crippen LogP contribution in [0.2, 0.25) is 5.02 Å². The summed E-state index contributed by atoms with van der Waals surface area (Å²) in [6, 6.07) is 7.64. The van der Waals surface area contributed by atoms with Gasteiger partial charge in [-0.05, 0) is 35.9 Å². The summed E-state index contributed by atoms with van der Waals surface area (Å²) >= 11 is 5.80. The molecule has 0 radical (unpaired) electrons. The number of aldehydes is 1. The van der Waals surface area contributed by atoms with Crippen LogP contribution in [0.25, 0.3) is 0 Å². The number of benzene rings is 2. The first kappa shape index (κ1) is 13.5. The Morgan fingerprint density at radius 2 is 1.74 bits per heavy atom. The Balaban J connectivity index is 2.13. The van der Waals surface area contributed by atoms with Gasteiger partial charge in [0.05, 0.1) is 0 Å². The van der Waals surface area contributed by atoms with Crippen molar-refractivity contribution in [1.82, 2.24) is 0 Å². The summed E-state index contributed by atoms with van der Waals surface area (Å²) < 4.78 is 31.3. The lowest BCUT2D eigenvalue weighted by Gasteiger charge is -2.07. The van der Waals surface area contributed by atoms with Gasteiger partial charge in [0.1, 0.15) is 30.3 Å². The average Bonchev–Trinajstić information content (AvgIpc) is 2.34. The molecule has 0 fully saturated rings. The summed E-state index contributed by atoms with van der Waals surface area (Å²) in [5, 5.41) is 0.352. The van der Waals surface area contributed by atoms with Crippen molar-refractivity contribution in [3.63, 3.8) is 0 Å². The smallest absolute Gasteiger partial charge is 0.150 e. The van der Waals surface area contributed by atoms with Gasteiger partial charge in [-0.25, -0.2) is 8.78 Å².